The Bertz CT molecular complexity index is 438. The largest absolute Gasteiger partial charge is 0.288 e. The lowest BCUT2D eigenvalue weighted by molar-refractivity contribution is 0.865. The minimum atomic E-state index is 0.774. The maximum atomic E-state index is 4.37. The molecule has 0 saturated carbocycles. The van der Waals surface area contributed by atoms with Crippen LogP contribution in [0.15, 0.2) is 29.8 Å². The first-order chi connectivity index (χ1) is 6.81. The minimum absolute atomic E-state index is 0.774. The number of rotatable bonds is 2. The molecule has 72 valence electrons. The van der Waals surface area contributed by atoms with Crippen LogP contribution in [0.5, 0.6) is 0 Å². The van der Waals surface area contributed by atoms with E-state index in [1.165, 1.54) is 11.8 Å². The van der Waals surface area contributed by atoms with E-state index in [-0.39, 0.29) is 0 Å². The molecule has 4 nitrogen and oxygen atoms in total. The van der Waals surface area contributed by atoms with E-state index < -0.39 is 0 Å². The third-order valence-corrected chi connectivity index (χ3v) is 2.44. The van der Waals surface area contributed by atoms with Gasteiger partial charge in [-0.2, -0.15) is 0 Å². The van der Waals surface area contributed by atoms with Crippen molar-refractivity contribution in [1.29, 1.82) is 0 Å². The summed E-state index contributed by atoms with van der Waals surface area (Å²) in [7, 11) is 0. The molecule has 2 aromatic heterocycles. The van der Waals surface area contributed by atoms with Crippen molar-refractivity contribution in [2.75, 3.05) is 6.26 Å². The summed E-state index contributed by atoms with van der Waals surface area (Å²) in [5.74, 6) is 1.79. The smallest absolute Gasteiger partial charge is 0.189 e. The van der Waals surface area contributed by atoms with Gasteiger partial charge in [0.2, 0.25) is 0 Å². The molecule has 2 rings (SSSR count). The van der Waals surface area contributed by atoms with Crippen molar-refractivity contribution in [2.45, 2.75) is 12.1 Å². The molecular formula is C9H10N4S. The quantitative estimate of drug-likeness (QED) is 0.554. The fourth-order valence-electron chi connectivity index (χ4n) is 1.18. The molecular weight excluding hydrogens is 196 g/mol. The molecule has 0 saturated heterocycles. The summed E-state index contributed by atoms with van der Waals surface area (Å²) in [6, 6.07) is 1.87. The third-order valence-electron chi connectivity index (χ3n) is 1.87. The van der Waals surface area contributed by atoms with Gasteiger partial charge in [-0.05, 0) is 19.2 Å². The van der Waals surface area contributed by atoms with Gasteiger partial charge in [-0.1, -0.05) is 11.8 Å². The van der Waals surface area contributed by atoms with Crippen LogP contribution in [-0.4, -0.2) is 25.8 Å². The van der Waals surface area contributed by atoms with E-state index in [1.807, 2.05) is 30.0 Å². The van der Waals surface area contributed by atoms with Gasteiger partial charge in [0.15, 0.2) is 5.16 Å². The summed E-state index contributed by atoms with van der Waals surface area (Å²) in [4.78, 5) is 12.6. The summed E-state index contributed by atoms with van der Waals surface area (Å²) in [5.41, 5.74) is 0. The standard InChI is InChI=1S/C9H10N4S/c1-7-10-5-6-13(7)8-3-4-11-9(12-8)14-2/h3-6H,1-2H3. The lowest BCUT2D eigenvalue weighted by Crippen LogP contribution is -2.00. The van der Waals surface area contributed by atoms with Gasteiger partial charge in [0.05, 0.1) is 0 Å². The Morgan fingerprint density at radius 1 is 1.29 bits per heavy atom. The normalized spacial score (nSPS) is 10.4. The highest BCUT2D eigenvalue weighted by Gasteiger charge is 2.02. The molecule has 2 aromatic rings. The molecule has 0 unspecified atom stereocenters. The molecule has 0 radical (unpaired) electrons. The number of thioether (sulfide) groups is 1. The highest BCUT2D eigenvalue weighted by molar-refractivity contribution is 7.98. The molecule has 0 amide bonds. The van der Waals surface area contributed by atoms with Gasteiger partial charge in [-0.15, -0.1) is 0 Å². The SMILES string of the molecule is CSc1nccc(-n2ccnc2C)n1. The van der Waals surface area contributed by atoms with Crippen molar-refractivity contribution in [3.05, 3.63) is 30.5 Å². The average molecular weight is 206 g/mol. The summed E-state index contributed by atoms with van der Waals surface area (Å²) in [6.45, 7) is 1.95. The Morgan fingerprint density at radius 3 is 2.79 bits per heavy atom. The van der Waals surface area contributed by atoms with E-state index >= 15 is 0 Å². The number of aromatic nitrogens is 4. The van der Waals surface area contributed by atoms with Gasteiger partial charge in [-0.3, -0.25) is 4.57 Å². The van der Waals surface area contributed by atoms with Crippen molar-refractivity contribution >= 4 is 11.8 Å². The second-order valence-corrected chi connectivity index (χ2v) is 3.52. The molecule has 0 aliphatic rings. The number of hydrogen-bond donors (Lipinski definition) is 0. The number of imidazole rings is 1. The van der Waals surface area contributed by atoms with Gasteiger partial charge in [0.1, 0.15) is 11.6 Å². The first-order valence-electron chi connectivity index (χ1n) is 4.18. The van der Waals surface area contributed by atoms with E-state index in [4.69, 9.17) is 0 Å². The molecule has 0 N–H and O–H groups in total. The molecule has 14 heavy (non-hydrogen) atoms. The topological polar surface area (TPSA) is 43.6 Å². The minimum Gasteiger partial charge on any atom is -0.288 e. The number of hydrogen-bond acceptors (Lipinski definition) is 4. The van der Waals surface area contributed by atoms with Crippen molar-refractivity contribution in [3.63, 3.8) is 0 Å². The van der Waals surface area contributed by atoms with Crippen LogP contribution in [0.4, 0.5) is 0 Å². The zero-order chi connectivity index (χ0) is 9.97. The highest BCUT2D eigenvalue weighted by atomic mass is 32.2. The zero-order valence-corrected chi connectivity index (χ0v) is 8.82. The molecule has 5 heteroatoms. The van der Waals surface area contributed by atoms with Gasteiger partial charge in [0.25, 0.3) is 0 Å². The van der Waals surface area contributed by atoms with E-state index in [0.29, 0.717) is 0 Å². The fourth-order valence-corrected chi connectivity index (χ4v) is 1.54. The van der Waals surface area contributed by atoms with Gasteiger partial charge >= 0.3 is 0 Å². The molecule has 0 aromatic carbocycles. The molecule has 0 spiro atoms. The molecule has 0 aliphatic carbocycles. The summed E-state index contributed by atoms with van der Waals surface area (Å²) >= 11 is 1.53. The van der Waals surface area contributed by atoms with E-state index in [9.17, 15) is 0 Å². The Morgan fingerprint density at radius 2 is 2.14 bits per heavy atom. The van der Waals surface area contributed by atoms with Crippen molar-refractivity contribution in [1.82, 2.24) is 19.5 Å². The Kier molecular flexibility index (Phi) is 2.49. The first kappa shape index (κ1) is 9.21. The highest BCUT2D eigenvalue weighted by Crippen LogP contribution is 2.11. The van der Waals surface area contributed by atoms with Gasteiger partial charge in [-0.25, -0.2) is 15.0 Å². The first-order valence-corrected chi connectivity index (χ1v) is 5.41. The average Bonchev–Trinajstić information content (AvgIpc) is 2.65. The van der Waals surface area contributed by atoms with Gasteiger partial charge in [0, 0.05) is 18.6 Å². The third kappa shape index (κ3) is 1.63. The maximum Gasteiger partial charge on any atom is 0.189 e. The van der Waals surface area contributed by atoms with Crippen LogP contribution in [0, 0.1) is 6.92 Å². The van der Waals surface area contributed by atoms with Crippen molar-refractivity contribution in [2.24, 2.45) is 0 Å². The predicted molar refractivity (Wildman–Crippen MR) is 55.7 cm³/mol. The molecule has 0 atom stereocenters. The van der Waals surface area contributed by atoms with Crippen molar-refractivity contribution < 1.29 is 0 Å². The second kappa shape index (κ2) is 3.79. The summed E-state index contributed by atoms with van der Waals surface area (Å²) < 4.78 is 1.93. The van der Waals surface area contributed by atoms with Crippen molar-refractivity contribution in [3.8, 4) is 5.82 Å². The van der Waals surface area contributed by atoms with Crippen LogP contribution < -0.4 is 0 Å². The predicted octanol–water partition coefficient (Wildman–Crippen LogP) is 1.69. The fraction of sp³-hybridized carbons (Fsp3) is 0.222. The van der Waals surface area contributed by atoms with E-state index in [1.54, 1.807) is 12.4 Å². The zero-order valence-electron chi connectivity index (χ0n) is 8.01. The number of aryl methyl sites for hydroxylation is 1. The van der Waals surface area contributed by atoms with Crippen LogP contribution in [-0.2, 0) is 0 Å². The summed E-state index contributed by atoms with van der Waals surface area (Å²) in [5, 5.41) is 0.774. The Balaban J connectivity index is 2.47. The second-order valence-electron chi connectivity index (χ2n) is 2.75. The molecule has 0 aliphatic heterocycles. The van der Waals surface area contributed by atoms with Gasteiger partial charge < -0.3 is 0 Å². The lowest BCUT2D eigenvalue weighted by Gasteiger charge is -2.03. The Labute approximate surface area is 86.4 Å². The van der Waals surface area contributed by atoms with Crippen LogP contribution >= 0.6 is 11.8 Å². The maximum absolute atomic E-state index is 4.37. The van der Waals surface area contributed by atoms with E-state index in [2.05, 4.69) is 15.0 Å². The summed E-state index contributed by atoms with van der Waals surface area (Å²) in [6.07, 6.45) is 7.37. The molecule has 2 heterocycles. The van der Waals surface area contributed by atoms with Crippen LogP contribution in [0.1, 0.15) is 5.82 Å². The van der Waals surface area contributed by atoms with Crippen LogP contribution in [0.2, 0.25) is 0 Å². The van der Waals surface area contributed by atoms with Crippen LogP contribution in [0.25, 0.3) is 5.82 Å². The molecule has 0 bridgehead atoms. The molecule has 0 fully saturated rings. The van der Waals surface area contributed by atoms with E-state index in [0.717, 1.165) is 16.8 Å². The lowest BCUT2D eigenvalue weighted by atomic mass is 10.5. The number of nitrogens with zero attached hydrogens (tertiary/aromatic N) is 4. The Hall–Kier alpha value is -1.36. The van der Waals surface area contributed by atoms with Crippen LogP contribution in [0.3, 0.4) is 0 Å². The monoisotopic (exact) mass is 206 g/mol.